The third-order valence-electron chi connectivity index (χ3n) is 3.03. The molecule has 0 aliphatic carbocycles. The third-order valence-corrected chi connectivity index (χ3v) is 3.03. The smallest absolute Gasteiger partial charge is 0.323 e. The van der Waals surface area contributed by atoms with Crippen molar-refractivity contribution >= 4 is 11.9 Å². The Hall–Kier alpha value is -1.18. The first-order chi connectivity index (χ1) is 9.63. The predicted octanol–water partition coefficient (Wildman–Crippen LogP) is 1.05. The van der Waals surface area contributed by atoms with E-state index in [4.69, 9.17) is 21.7 Å². The van der Waals surface area contributed by atoms with Crippen molar-refractivity contribution in [2.45, 2.75) is 64.6 Å². The zero-order valence-electron chi connectivity index (χ0n) is 13.4. The van der Waals surface area contributed by atoms with Crippen LogP contribution in [0.5, 0.6) is 0 Å². The van der Waals surface area contributed by atoms with Gasteiger partial charge in [-0.2, -0.15) is 0 Å². The maximum absolute atomic E-state index is 10.3. The Morgan fingerprint density at radius 3 is 1.76 bits per heavy atom. The molecule has 0 spiro atoms. The molecule has 0 aliphatic heterocycles. The highest BCUT2D eigenvalue weighted by Gasteiger charge is 2.18. The van der Waals surface area contributed by atoms with E-state index in [2.05, 4.69) is 18.6 Å². The molecule has 0 saturated heterocycles. The minimum Gasteiger partial charge on any atom is -0.480 e. The molecule has 0 aromatic heterocycles. The van der Waals surface area contributed by atoms with Gasteiger partial charge in [0.05, 0.1) is 6.10 Å². The van der Waals surface area contributed by atoms with Crippen LogP contribution in [0.3, 0.4) is 0 Å². The highest BCUT2D eigenvalue weighted by molar-refractivity contribution is 5.73. The van der Waals surface area contributed by atoms with Crippen molar-refractivity contribution in [3.63, 3.8) is 0 Å². The number of rotatable bonds is 9. The Labute approximate surface area is 126 Å². The summed E-state index contributed by atoms with van der Waals surface area (Å²) < 4.78 is 4.67. The van der Waals surface area contributed by atoms with Crippen LogP contribution in [0.4, 0.5) is 0 Å². The highest BCUT2D eigenvalue weighted by atomic mass is 16.5. The highest BCUT2D eigenvalue weighted by Crippen LogP contribution is 2.08. The van der Waals surface area contributed by atoms with Gasteiger partial charge in [-0.25, -0.2) is 0 Å². The van der Waals surface area contributed by atoms with Crippen LogP contribution < -0.4 is 11.5 Å². The summed E-state index contributed by atoms with van der Waals surface area (Å²) >= 11 is 0. The maximum Gasteiger partial charge on any atom is 0.323 e. The van der Waals surface area contributed by atoms with E-state index in [9.17, 15) is 9.59 Å². The van der Waals surface area contributed by atoms with E-state index in [-0.39, 0.29) is 0 Å². The zero-order valence-corrected chi connectivity index (χ0v) is 13.4. The molecule has 0 saturated carbocycles. The monoisotopic (exact) mass is 306 g/mol. The molecule has 1 unspecified atom stereocenters. The van der Waals surface area contributed by atoms with Crippen molar-refractivity contribution in [1.29, 1.82) is 0 Å². The van der Waals surface area contributed by atoms with Gasteiger partial charge in [0.25, 0.3) is 0 Å². The predicted molar refractivity (Wildman–Crippen MR) is 81.0 cm³/mol. The van der Waals surface area contributed by atoms with Crippen LogP contribution >= 0.6 is 0 Å². The average molecular weight is 306 g/mol. The molecule has 0 aliphatic rings. The lowest BCUT2D eigenvalue weighted by molar-refractivity contribution is -0.141. The van der Waals surface area contributed by atoms with Crippen molar-refractivity contribution in [2.75, 3.05) is 7.11 Å². The van der Waals surface area contributed by atoms with Crippen LogP contribution in [-0.4, -0.2) is 47.4 Å². The summed E-state index contributed by atoms with van der Waals surface area (Å²) in [5.41, 5.74) is 10.5. The van der Waals surface area contributed by atoms with Gasteiger partial charge in [-0.05, 0) is 19.3 Å². The third kappa shape index (κ3) is 13.6. The fourth-order valence-electron chi connectivity index (χ4n) is 1.39. The maximum atomic E-state index is 10.3. The van der Waals surface area contributed by atoms with Gasteiger partial charge in [-0.3, -0.25) is 9.59 Å². The molecule has 0 amide bonds. The Kier molecular flexibility index (Phi) is 13.2. The summed E-state index contributed by atoms with van der Waals surface area (Å²) in [6.07, 6.45) is 3.33. The Bertz CT molecular complexity index is 297. The number of ether oxygens (including phenoxy) is 1. The van der Waals surface area contributed by atoms with Crippen molar-refractivity contribution < 1.29 is 24.5 Å². The molecule has 3 atom stereocenters. The molecular formula is C14H30N2O5. The van der Waals surface area contributed by atoms with E-state index >= 15 is 0 Å². The van der Waals surface area contributed by atoms with Gasteiger partial charge >= 0.3 is 11.9 Å². The zero-order chi connectivity index (χ0) is 17.0. The summed E-state index contributed by atoms with van der Waals surface area (Å²) in [5, 5.41) is 16.7. The number of aliphatic carboxylic acids is 2. The van der Waals surface area contributed by atoms with Crippen LogP contribution in [0.25, 0.3) is 0 Å². The summed E-state index contributed by atoms with van der Waals surface area (Å²) in [5.74, 6) is -1.23. The fraction of sp³-hybridized carbons (Fsp3) is 0.857. The van der Waals surface area contributed by atoms with Gasteiger partial charge in [0.2, 0.25) is 0 Å². The Morgan fingerprint density at radius 2 is 1.48 bits per heavy atom. The molecule has 6 N–H and O–H groups in total. The summed E-state index contributed by atoms with van der Waals surface area (Å²) in [6.45, 7) is 5.94. The molecule has 7 heteroatoms. The largest absolute Gasteiger partial charge is 0.480 e. The quantitative estimate of drug-likeness (QED) is 0.467. The molecule has 21 heavy (non-hydrogen) atoms. The van der Waals surface area contributed by atoms with Crippen molar-refractivity contribution in [1.82, 2.24) is 0 Å². The van der Waals surface area contributed by atoms with Crippen molar-refractivity contribution in [3.8, 4) is 0 Å². The first-order valence-electron chi connectivity index (χ1n) is 7.13. The number of hydrogen-bond donors (Lipinski definition) is 4. The number of hydrogen-bond acceptors (Lipinski definition) is 5. The second-order valence-corrected chi connectivity index (χ2v) is 5.43. The van der Waals surface area contributed by atoms with Crippen molar-refractivity contribution in [2.24, 2.45) is 17.4 Å². The molecule has 0 bridgehead atoms. The van der Waals surface area contributed by atoms with Crippen LogP contribution in [-0.2, 0) is 14.3 Å². The van der Waals surface area contributed by atoms with E-state index in [1.54, 1.807) is 6.92 Å². The number of methoxy groups -OCH3 is 1. The standard InChI is InChI=1S/C9H19NO2.C5H11NO3/c1-7(2)5-3-4-6-8(10)9(11)12;1-3(9-2)4(6)5(7)8/h7-8H,3-6,10H2,1-2H3,(H,11,12);3-4H,6H2,1-2H3,(H,7,8)/t;3-,4-/m.0/s1. The van der Waals surface area contributed by atoms with E-state index in [0.29, 0.717) is 12.3 Å². The summed E-state index contributed by atoms with van der Waals surface area (Å²) in [6, 6.07) is -1.59. The molecule has 0 radical (unpaired) electrons. The van der Waals surface area contributed by atoms with Crippen LogP contribution in [0.15, 0.2) is 0 Å². The first-order valence-corrected chi connectivity index (χ1v) is 7.13. The molecular weight excluding hydrogens is 276 g/mol. The number of unbranched alkanes of at least 4 members (excludes halogenated alkanes) is 1. The Balaban J connectivity index is 0. The average Bonchev–Trinajstić information content (AvgIpc) is 2.41. The SMILES string of the molecule is CC(C)CCCCC(N)C(=O)O.CO[C@@H](C)[C@H](N)C(=O)O. The molecule has 0 aromatic rings. The Morgan fingerprint density at radius 1 is 1.00 bits per heavy atom. The normalized spacial score (nSPS) is 14.8. The van der Waals surface area contributed by atoms with Gasteiger partial charge in [0.1, 0.15) is 12.1 Å². The van der Waals surface area contributed by atoms with Crippen LogP contribution in [0.1, 0.15) is 46.5 Å². The number of carboxylic acids is 2. The van der Waals surface area contributed by atoms with Gasteiger partial charge in [-0.15, -0.1) is 0 Å². The molecule has 126 valence electrons. The molecule has 7 nitrogen and oxygen atoms in total. The van der Waals surface area contributed by atoms with Gasteiger partial charge in [0, 0.05) is 7.11 Å². The molecule has 0 rings (SSSR count). The number of carbonyl (C=O) groups is 2. The van der Waals surface area contributed by atoms with Gasteiger partial charge < -0.3 is 26.4 Å². The lowest BCUT2D eigenvalue weighted by atomic mass is 10.0. The number of carboxylic acid groups (broad SMARTS) is 2. The minimum atomic E-state index is -1.04. The number of nitrogens with two attached hydrogens (primary N) is 2. The lowest BCUT2D eigenvalue weighted by Gasteiger charge is -2.12. The first kappa shape index (κ1) is 22.1. The van der Waals surface area contributed by atoms with E-state index in [1.807, 2.05) is 0 Å². The second kappa shape index (κ2) is 12.6. The van der Waals surface area contributed by atoms with Gasteiger partial charge in [-0.1, -0.05) is 33.1 Å². The summed E-state index contributed by atoms with van der Waals surface area (Å²) in [7, 11) is 1.42. The molecule has 0 fully saturated rings. The van der Waals surface area contributed by atoms with Gasteiger partial charge in [0.15, 0.2) is 0 Å². The lowest BCUT2D eigenvalue weighted by Crippen LogP contribution is -2.40. The minimum absolute atomic E-state index is 0.428. The topological polar surface area (TPSA) is 136 Å². The van der Waals surface area contributed by atoms with E-state index < -0.39 is 30.1 Å². The second-order valence-electron chi connectivity index (χ2n) is 5.43. The van der Waals surface area contributed by atoms with Crippen LogP contribution in [0.2, 0.25) is 0 Å². The molecule has 0 heterocycles. The van der Waals surface area contributed by atoms with E-state index in [1.165, 1.54) is 7.11 Å². The van der Waals surface area contributed by atoms with Crippen molar-refractivity contribution in [3.05, 3.63) is 0 Å². The summed E-state index contributed by atoms with van der Waals surface area (Å²) in [4.78, 5) is 20.4. The van der Waals surface area contributed by atoms with E-state index in [0.717, 1.165) is 19.3 Å². The molecule has 0 aromatic carbocycles. The fourth-order valence-corrected chi connectivity index (χ4v) is 1.39. The van der Waals surface area contributed by atoms with Crippen LogP contribution in [0, 0.1) is 5.92 Å².